The average Bonchev–Trinajstić information content (AvgIpc) is 2.43. The van der Waals surface area contributed by atoms with Crippen molar-refractivity contribution in [2.75, 3.05) is 26.4 Å². The smallest absolute Gasteiger partial charge is 0.230 e. The summed E-state index contributed by atoms with van der Waals surface area (Å²) in [7, 11) is 0. The lowest BCUT2D eigenvalue weighted by atomic mass is 9.84. The third-order valence-corrected chi connectivity index (χ3v) is 3.05. The van der Waals surface area contributed by atoms with Crippen LogP contribution in [0.1, 0.15) is 25.8 Å². The van der Waals surface area contributed by atoms with E-state index in [1.54, 1.807) is 0 Å². The zero-order valence-corrected chi connectivity index (χ0v) is 11.7. The maximum absolute atomic E-state index is 12.2. The van der Waals surface area contributed by atoms with Gasteiger partial charge < -0.3 is 15.2 Å². The Hall–Kier alpha value is -1.39. The first-order valence-corrected chi connectivity index (χ1v) is 6.61. The van der Waals surface area contributed by atoms with Crippen LogP contribution in [-0.2, 0) is 14.9 Å². The molecule has 4 nitrogen and oxygen atoms in total. The van der Waals surface area contributed by atoms with Gasteiger partial charge in [-0.15, -0.1) is 0 Å². The van der Waals surface area contributed by atoms with Crippen LogP contribution in [0, 0.1) is 0 Å². The van der Waals surface area contributed by atoms with Gasteiger partial charge in [-0.3, -0.25) is 4.79 Å². The molecule has 0 spiro atoms. The molecule has 0 aliphatic rings. The topological polar surface area (TPSA) is 58.6 Å². The van der Waals surface area contributed by atoms with Gasteiger partial charge >= 0.3 is 0 Å². The standard InChI is InChI=1S/C15H23NO3/c1-15(2,13-7-4-3-5-8-13)14(18)16-9-6-11-19-12-10-17/h3-5,7-8,17H,6,9-12H2,1-2H3,(H,16,18). The van der Waals surface area contributed by atoms with Crippen LogP contribution >= 0.6 is 0 Å². The molecule has 0 saturated heterocycles. The van der Waals surface area contributed by atoms with E-state index in [0.717, 1.165) is 12.0 Å². The summed E-state index contributed by atoms with van der Waals surface area (Å²) < 4.78 is 5.13. The monoisotopic (exact) mass is 265 g/mol. The van der Waals surface area contributed by atoms with Crippen LogP contribution in [0.5, 0.6) is 0 Å². The first kappa shape index (κ1) is 15.7. The van der Waals surface area contributed by atoms with E-state index < -0.39 is 5.41 Å². The molecule has 1 amide bonds. The normalized spacial score (nSPS) is 11.3. The molecule has 1 rings (SSSR count). The van der Waals surface area contributed by atoms with Crippen LogP contribution in [0.25, 0.3) is 0 Å². The van der Waals surface area contributed by atoms with Gasteiger partial charge in [0, 0.05) is 13.2 Å². The van der Waals surface area contributed by atoms with Crippen LogP contribution in [0.3, 0.4) is 0 Å². The van der Waals surface area contributed by atoms with Gasteiger partial charge in [-0.25, -0.2) is 0 Å². The minimum Gasteiger partial charge on any atom is -0.394 e. The third kappa shape index (κ3) is 5.01. The Labute approximate surface area is 114 Å². The van der Waals surface area contributed by atoms with Crippen LogP contribution in [0.4, 0.5) is 0 Å². The Balaban J connectivity index is 2.36. The highest BCUT2D eigenvalue weighted by Gasteiger charge is 2.28. The Morgan fingerprint density at radius 1 is 1.26 bits per heavy atom. The second-order valence-corrected chi connectivity index (χ2v) is 4.94. The molecule has 0 aromatic heterocycles. The number of carbonyl (C=O) groups excluding carboxylic acids is 1. The van der Waals surface area contributed by atoms with E-state index in [4.69, 9.17) is 9.84 Å². The summed E-state index contributed by atoms with van der Waals surface area (Å²) in [5, 5.41) is 11.5. The zero-order chi connectivity index (χ0) is 14.1. The molecule has 0 radical (unpaired) electrons. The van der Waals surface area contributed by atoms with Crippen molar-refractivity contribution in [3.8, 4) is 0 Å². The quantitative estimate of drug-likeness (QED) is 0.700. The molecule has 0 fully saturated rings. The van der Waals surface area contributed by atoms with Gasteiger partial charge in [0.05, 0.1) is 18.6 Å². The predicted octanol–water partition coefficient (Wildman–Crippen LogP) is 1.48. The van der Waals surface area contributed by atoms with Crippen molar-refractivity contribution in [2.45, 2.75) is 25.7 Å². The van der Waals surface area contributed by atoms with Crippen molar-refractivity contribution in [3.63, 3.8) is 0 Å². The minimum absolute atomic E-state index is 0.0147. The van der Waals surface area contributed by atoms with Crippen LogP contribution in [-0.4, -0.2) is 37.4 Å². The van der Waals surface area contributed by atoms with Gasteiger partial charge in [-0.1, -0.05) is 30.3 Å². The number of aliphatic hydroxyl groups is 1. The molecular formula is C15H23NO3. The van der Waals surface area contributed by atoms with Gasteiger partial charge in [0.2, 0.25) is 5.91 Å². The van der Waals surface area contributed by atoms with E-state index in [2.05, 4.69) is 5.32 Å². The summed E-state index contributed by atoms with van der Waals surface area (Å²) in [5.74, 6) is 0.0147. The van der Waals surface area contributed by atoms with Gasteiger partial charge in [-0.05, 0) is 25.8 Å². The van der Waals surface area contributed by atoms with Crippen LogP contribution < -0.4 is 5.32 Å². The zero-order valence-electron chi connectivity index (χ0n) is 11.7. The van der Waals surface area contributed by atoms with Crippen molar-refractivity contribution < 1.29 is 14.6 Å². The molecule has 0 heterocycles. The second-order valence-electron chi connectivity index (χ2n) is 4.94. The molecule has 0 atom stereocenters. The van der Waals surface area contributed by atoms with Gasteiger partial charge in [0.1, 0.15) is 0 Å². The number of aliphatic hydroxyl groups excluding tert-OH is 1. The first-order valence-electron chi connectivity index (χ1n) is 6.61. The van der Waals surface area contributed by atoms with Gasteiger partial charge in [-0.2, -0.15) is 0 Å². The largest absolute Gasteiger partial charge is 0.394 e. The van der Waals surface area contributed by atoms with E-state index in [1.807, 2.05) is 44.2 Å². The molecule has 4 heteroatoms. The lowest BCUT2D eigenvalue weighted by Gasteiger charge is -2.24. The maximum Gasteiger partial charge on any atom is 0.230 e. The number of benzene rings is 1. The minimum atomic E-state index is -0.535. The van der Waals surface area contributed by atoms with Crippen molar-refractivity contribution in [2.24, 2.45) is 0 Å². The number of rotatable bonds is 8. The Kier molecular flexibility index (Phi) is 6.53. The summed E-state index contributed by atoms with van der Waals surface area (Å²) in [5.41, 5.74) is 0.469. The number of ether oxygens (including phenoxy) is 1. The molecular weight excluding hydrogens is 242 g/mol. The fraction of sp³-hybridized carbons (Fsp3) is 0.533. The average molecular weight is 265 g/mol. The number of hydrogen-bond donors (Lipinski definition) is 2. The third-order valence-electron chi connectivity index (χ3n) is 3.05. The summed E-state index contributed by atoms with van der Waals surface area (Å²) in [6, 6.07) is 9.74. The lowest BCUT2D eigenvalue weighted by Crippen LogP contribution is -2.40. The van der Waals surface area contributed by atoms with Gasteiger partial charge in [0.15, 0.2) is 0 Å². The second kappa shape index (κ2) is 7.92. The molecule has 0 aliphatic heterocycles. The van der Waals surface area contributed by atoms with E-state index >= 15 is 0 Å². The predicted molar refractivity (Wildman–Crippen MR) is 75.0 cm³/mol. The molecule has 0 aliphatic carbocycles. The van der Waals surface area contributed by atoms with E-state index in [1.165, 1.54) is 0 Å². The lowest BCUT2D eigenvalue weighted by molar-refractivity contribution is -0.125. The van der Waals surface area contributed by atoms with Crippen molar-refractivity contribution in [3.05, 3.63) is 35.9 Å². The molecule has 1 aromatic carbocycles. The molecule has 0 bridgehead atoms. The van der Waals surface area contributed by atoms with Crippen molar-refractivity contribution in [1.82, 2.24) is 5.32 Å². The SMILES string of the molecule is CC(C)(C(=O)NCCCOCCO)c1ccccc1. The van der Waals surface area contributed by atoms with Crippen LogP contribution in [0.2, 0.25) is 0 Å². The molecule has 19 heavy (non-hydrogen) atoms. The Morgan fingerprint density at radius 3 is 2.58 bits per heavy atom. The highest BCUT2D eigenvalue weighted by molar-refractivity contribution is 5.87. The highest BCUT2D eigenvalue weighted by atomic mass is 16.5. The van der Waals surface area contributed by atoms with E-state index in [0.29, 0.717) is 19.8 Å². The fourth-order valence-electron chi connectivity index (χ4n) is 1.75. The van der Waals surface area contributed by atoms with Crippen molar-refractivity contribution in [1.29, 1.82) is 0 Å². The summed E-state index contributed by atoms with van der Waals surface area (Å²) in [6.45, 7) is 5.35. The molecule has 1 aromatic rings. The molecule has 0 unspecified atom stereocenters. The summed E-state index contributed by atoms with van der Waals surface area (Å²) in [6.07, 6.45) is 0.747. The fourth-order valence-corrected chi connectivity index (χ4v) is 1.75. The molecule has 106 valence electrons. The van der Waals surface area contributed by atoms with E-state index in [-0.39, 0.29) is 12.5 Å². The molecule has 2 N–H and O–H groups in total. The van der Waals surface area contributed by atoms with E-state index in [9.17, 15) is 4.79 Å². The number of hydrogen-bond acceptors (Lipinski definition) is 3. The Morgan fingerprint density at radius 2 is 1.95 bits per heavy atom. The number of amides is 1. The highest BCUT2D eigenvalue weighted by Crippen LogP contribution is 2.22. The number of carbonyl (C=O) groups is 1. The Bertz CT molecular complexity index is 376. The molecule has 0 saturated carbocycles. The van der Waals surface area contributed by atoms with Gasteiger partial charge in [0.25, 0.3) is 0 Å². The maximum atomic E-state index is 12.2. The summed E-state index contributed by atoms with van der Waals surface area (Å²) in [4.78, 5) is 12.2. The summed E-state index contributed by atoms with van der Waals surface area (Å²) >= 11 is 0. The number of nitrogens with one attached hydrogen (secondary N) is 1. The van der Waals surface area contributed by atoms with Crippen molar-refractivity contribution >= 4 is 5.91 Å². The first-order chi connectivity index (χ1) is 9.09. The van der Waals surface area contributed by atoms with Crippen LogP contribution in [0.15, 0.2) is 30.3 Å².